The van der Waals surface area contributed by atoms with Gasteiger partial charge in [-0.15, -0.1) is 0 Å². The van der Waals surface area contributed by atoms with Crippen molar-refractivity contribution in [1.29, 1.82) is 0 Å². The number of hydrogen-bond donors (Lipinski definition) is 8. The van der Waals surface area contributed by atoms with Crippen molar-refractivity contribution in [3.63, 3.8) is 0 Å². The summed E-state index contributed by atoms with van der Waals surface area (Å²) in [4.78, 5) is 52.6. The number of nitrogen functional groups attached to an aromatic ring is 1. The number of ether oxygens (including phenoxy) is 2. The number of rotatable bonds is 23. The quantitative estimate of drug-likeness (QED) is 0.0435. The van der Waals surface area contributed by atoms with E-state index in [1.54, 1.807) is 6.26 Å². The number of hydrogen-bond acceptors (Lipinski definition) is 22. The van der Waals surface area contributed by atoms with Gasteiger partial charge in [0.25, 0.3) is 7.82 Å². The predicted octanol–water partition coefficient (Wildman–Crippen LogP) is 1.28. The molecule has 0 spiro atoms. The third-order valence-electron chi connectivity index (χ3n) is 9.04. The summed E-state index contributed by atoms with van der Waals surface area (Å²) in [5.74, 6) is 0.959. The second-order valence-electron chi connectivity index (χ2n) is 15.5. The molecule has 2 saturated heterocycles. The van der Waals surface area contributed by atoms with Crippen LogP contribution in [-0.4, -0.2) is 166 Å². The molecule has 2 aliphatic rings. The maximum atomic E-state index is 12.7. The Morgan fingerprint density at radius 3 is 1.61 bits per heavy atom. The Morgan fingerprint density at radius 2 is 1.28 bits per heavy atom. The molecule has 0 aliphatic carbocycles. The van der Waals surface area contributed by atoms with E-state index >= 15 is 0 Å². The van der Waals surface area contributed by atoms with Crippen LogP contribution < -0.4 is 85.9 Å². The van der Waals surface area contributed by atoms with E-state index in [4.69, 9.17) is 15.2 Å². The number of carbonyl (C=O) groups is 2. The van der Waals surface area contributed by atoms with Gasteiger partial charge in [0.05, 0.1) is 31.1 Å². The minimum Gasteiger partial charge on any atom is -0.756 e. The van der Waals surface area contributed by atoms with Gasteiger partial charge in [0.1, 0.15) is 48.4 Å². The molecule has 1 amide bonds. The number of aliphatic hydroxyl groups excluding tert-OH is 6. The number of amides is 1. The molecule has 11 atom stereocenters. The van der Waals surface area contributed by atoms with Gasteiger partial charge in [-0.25, -0.2) is 4.79 Å². The fraction of sp³-hybridized carbons (Fsp3) is 0.885. The number of phosphoric ester groups is 1. The molecule has 1 aromatic rings. The summed E-state index contributed by atoms with van der Waals surface area (Å²) in [5.41, 5.74) is 4.44. The van der Waals surface area contributed by atoms with E-state index in [1.165, 1.54) is 85.5 Å². The summed E-state index contributed by atoms with van der Waals surface area (Å²) in [7, 11) is -5.82. The van der Waals surface area contributed by atoms with E-state index in [0.717, 1.165) is 22.5 Å². The van der Waals surface area contributed by atoms with Crippen LogP contribution >= 0.6 is 54.9 Å². The Hall–Kier alpha value is 0.810. The molecular weight excluding hydrogens is 1140 g/mol. The number of thioether (sulfide) groups is 4. The molecular formula is C52H111N4Na2O16PS4. The molecule has 27 heteroatoms. The molecule has 79 heavy (non-hydrogen) atoms. The number of nitrogens with zero attached hydrogens (tertiary/aromatic N) is 2. The van der Waals surface area contributed by atoms with E-state index in [2.05, 4.69) is 102 Å². The number of carboxylic acid groups (broad SMARTS) is 1. The number of anilines is 1. The van der Waals surface area contributed by atoms with Crippen LogP contribution in [0.2, 0.25) is 0 Å². The largest absolute Gasteiger partial charge is 1.00 e. The molecule has 2 aliphatic heterocycles. The minimum atomic E-state index is -5.82. The second kappa shape index (κ2) is 67.9. The van der Waals surface area contributed by atoms with Crippen molar-refractivity contribution in [2.45, 2.75) is 237 Å². The number of unbranched alkanes of at least 4 members (excludes halogenated alkanes) is 2. The Labute approximate surface area is 540 Å². The third kappa shape index (κ3) is 49.6. The number of aliphatic carboxylic acids is 1. The van der Waals surface area contributed by atoms with Gasteiger partial charge in [-0.05, 0) is 59.7 Å². The molecule has 3 heterocycles. The zero-order valence-electron chi connectivity index (χ0n) is 52.7. The Bertz CT molecular complexity index is 1540. The number of nitrogens with two attached hydrogens (primary N) is 1. The van der Waals surface area contributed by atoms with Gasteiger partial charge >= 0.3 is 64.8 Å². The number of aliphatic hydroxyl groups is 6. The van der Waals surface area contributed by atoms with Crippen molar-refractivity contribution < 1.29 is 132 Å². The zero-order valence-corrected chi connectivity index (χ0v) is 60.8. The molecule has 0 aromatic carbocycles. The van der Waals surface area contributed by atoms with Crippen LogP contribution in [0.4, 0.5) is 5.82 Å². The monoisotopic (exact) mass is 1250 g/mol. The van der Waals surface area contributed by atoms with Crippen LogP contribution in [0.3, 0.4) is 0 Å². The maximum absolute atomic E-state index is 12.7. The van der Waals surface area contributed by atoms with Gasteiger partial charge in [-0.1, -0.05) is 157 Å². The minimum absolute atomic E-state index is 0. The number of aromatic nitrogens is 2. The molecule has 9 unspecified atom stereocenters. The van der Waals surface area contributed by atoms with Crippen molar-refractivity contribution in [3.8, 4) is 0 Å². The Morgan fingerprint density at radius 1 is 0.835 bits per heavy atom. The average molecular weight is 1250 g/mol. The van der Waals surface area contributed by atoms with Crippen molar-refractivity contribution in [2.24, 2.45) is 0 Å². The number of carboxylic acids is 1. The van der Waals surface area contributed by atoms with E-state index in [1.807, 2.05) is 76.8 Å². The standard InChI is InChI=1S/C21H33N4O16PS.2C5H12S.C4H10S.2C4H10.C3H8.3C2H6.2Na/c1-43-7-12(29)24-13-8(27)4-21(19(33)34,40-17(13)14(30)9(28)5-26)41-42(36,37)38-6-10-15(31)16(32)18(39-10)25-3-2-11(22)23-20(25)35;2*1-3-5-6-4-2;1-3-5-4-2;2*1-3-4-2;1-3-2;3*1-2;;/h2-3,8-10,13-18,26-28,30-32H,4-7H2,1H3,(H,24,29)(H,33,34)(H,36,37)(H2,22,23,35);2*3-5H2,1-2H3;3-4H2,1-2H3;2*3-4H2,1-2H3;3H2,1-2H3;3*1-2H3;;/q;;;;;;;;;;2*+1/p-2/t8?,9-,10?,13?,14-,15?,16?,17?,18?,21?;;;;;;;;;;;/m1.........../s1. The first kappa shape index (κ1) is 98.9. The molecule has 466 valence electrons. The summed E-state index contributed by atoms with van der Waals surface area (Å²) < 4.78 is 33.3. The normalized spacial score (nSPS) is 21.5. The average Bonchev–Trinajstić information content (AvgIpc) is 3.70. The Kier molecular flexibility index (Phi) is 85.0. The first-order chi connectivity index (χ1) is 36.5. The topological polar surface area (TPSA) is 329 Å². The van der Waals surface area contributed by atoms with E-state index < -0.39 is 106 Å². The molecule has 2 fully saturated rings. The number of nitrogens with one attached hydrogen (secondary N) is 1. The van der Waals surface area contributed by atoms with E-state index in [-0.39, 0.29) is 70.7 Å². The van der Waals surface area contributed by atoms with Crippen LogP contribution in [0.1, 0.15) is 182 Å². The first-order valence-corrected chi connectivity index (χ1v) is 33.9. The third-order valence-corrected chi connectivity index (χ3v) is 13.6. The second-order valence-corrected chi connectivity index (χ2v) is 22.0. The van der Waals surface area contributed by atoms with Crippen LogP contribution in [0.15, 0.2) is 17.1 Å². The van der Waals surface area contributed by atoms with Gasteiger partial charge in [0, 0.05) is 12.6 Å². The van der Waals surface area contributed by atoms with Gasteiger partial charge < -0.3 is 70.5 Å². The SMILES string of the molecule is CC.CC.CC.CCC.CCCC.CCCC.CCCSCC.CCCSCC.CCSCC.CSCC(=O)NC1C(O)CC(OP(=O)([O-])OCC2OC(n3ccc(N)nc3=O)C(O)C2O)(C(=O)[O-])OC1[C@H](O)[C@H](O)CO.[Na+].[Na+]. The summed E-state index contributed by atoms with van der Waals surface area (Å²) in [5, 5.41) is 75.4. The van der Waals surface area contributed by atoms with Crippen molar-refractivity contribution in [3.05, 3.63) is 22.7 Å². The predicted molar refractivity (Wildman–Crippen MR) is 323 cm³/mol. The Balaban J connectivity index is -0.000000159. The fourth-order valence-corrected chi connectivity index (χ4v) is 8.05. The number of carbonyl (C=O) groups excluding carboxylic acids is 2. The van der Waals surface area contributed by atoms with Gasteiger partial charge in [0.15, 0.2) is 6.23 Å². The molecule has 0 radical (unpaired) electrons. The van der Waals surface area contributed by atoms with Gasteiger partial charge in [0.2, 0.25) is 11.7 Å². The summed E-state index contributed by atoms with van der Waals surface area (Å²) >= 11 is 7.05. The van der Waals surface area contributed by atoms with Crippen LogP contribution in [0.5, 0.6) is 0 Å². The molecule has 3 rings (SSSR count). The van der Waals surface area contributed by atoms with E-state index in [9.17, 15) is 59.6 Å². The van der Waals surface area contributed by atoms with Crippen LogP contribution in [-0.2, 0) is 32.7 Å². The molecule has 0 bridgehead atoms. The molecule has 20 nitrogen and oxygen atoms in total. The molecule has 0 saturated carbocycles. The van der Waals surface area contributed by atoms with E-state index in [0.29, 0.717) is 0 Å². The first-order valence-electron chi connectivity index (χ1n) is 27.6. The van der Waals surface area contributed by atoms with Crippen LogP contribution in [0.25, 0.3) is 0 Å². The smallest absolute Gasteiger partial charge is 0.756 e. The molecule has 9 N–H and O–H groups in total. The van der Waals surface area contributed by atoms with Crippen molar-refractivity contribution in [2.75, 3.05) is 65.5 Å². The summed E-state index contributed by atoms with van der Waals surface area (Å²) in [6, 6.07) is -0.431. The van der Waals surface area contributed by atoms with Crippen molar-refractivity contribution in [1.82, 2.24) is 14.9 Å². The fourth-order valence-electron chi connectivity index (χ4n) is 5.21. The summed E-state index contributed by atoms with van der Waals surface area (Å²) in [6.07, 6.45) is -4.42. The van der Waals surface area contributed by atoms with Gasteiger partial charge in [-0.3, -0.25) is 18.5 Å². The van der Waals surface area contributed by atoms with Gasteiger partial charge in [-0.2, -0.15) is 52.0 Å². The number of phosphoric acid groups is 1. The van der Waals surface area contributed by atoms with Crippen molar-refractivity contribution >= 4 is 72.6 Å². The van der Waals surface area contributed by atoms with Crippen LogP contribution in [0, 0.1) is 0 Å². The summed E-state index contributed by atoms with van der Waals surface area (Å²) in [6.45, 7) is 36.0. The maximum Gasteiger partial charge on any atom is 1.00 e. The zero-order chi connectivity index (χ0) is 61.6. The molecule has 1 aromatic heterocycles.